The predicted octanol–water partition coefficient (Wildman–Crippen LogP) is 1.77. The summed E-state index contributed by atoms with van der Waals surface area (Å²) in [6.45, 7) is 1.83. The second-order valence-electron chi connectivity index (χ2n) is 4.69. The Labute approximate surface area is 128 Å². The molecule has 2 amide bonds. The number of amides is 2. The Morgan fingerprint density at radius 3 is 2.45 bits per heavy atom. The van der Waals surface area contributed by atoms with E-state index in [1.54, 1.807) is 24.3 Å². The summed E-state index contributed by atoms with van der Waals surface area (Å²) in [5, 5.41) is 5.20. The number of hydrogen-bond acceptors (Lipinski definition) is 4. The average molecular weight is 299 g/mol. The number of nitrogens with zero attached hydrogens (tertiary/aromatic N) is 1. The normalized spacial score (nSPS) is 9.91. The Balaban J connectivity index is 1.84. The summed E-state index contributed by atoms with van der Waals surface area (Å²) in [5.74, 6) is -0.152. The van der Waals surface area contributed by atoms with Gasteiger partial charge >= 0.3 is 0 Å². The van der Waals surface area contributed by atoms with E-state index in [9.17, 15) is 9.59 Å². The molecule has 2 N–H and O–H groups in total. The maximum atomic E-state index is 11.9. The first kappa shape index (κ1) is 15.5. The number of aryl methyl sites for hydroxylation is 1. The molecule has 0 radical (unpaired) electrons. The zero-order valence-electron chi connectivity index (χ0n) is 12.4. The van der Waals surface area contributed by atoms with Crippen molar-refractivity contribution in [2.75, 3.05) is 19.0 Å². The largest absolute Gasteiger partial charge is 0.481 e. The van der Waals surface area contributed by atoms with Gasteiger partial charge in [0.2, 0.25) is 11.8 Å². The number of pyridine rings is 1. The van der Waals surface area contributed by atoms with Crippen molar-refractivity contribution in [2.45, 2.75) is 6.92 Å². The van der Waals surface area contributed by atoms with Crippen LogP contribution in [-0.4, -0.2) is 30.5 Å². The third-order valence-corrected chi connectivity index (χ3v) is 2.95. The summed E-state index contributed by atoms with van der Waals surface area (Å²) in [6.07, 6.45) is 1.48. The Kier molecular flexibility index (Phi) is 5.08. The van der Waals surface area contributed by atoms with Crippen LogP contribution in [0.15, 0.2) is 42.6 Å². The number of aromatic nitrogens is 1. The van der Waals surface area contributed by atoms with Gasteiger partial charge in [-0.3, -0.25) is 9.59 Å². The molecule has 2 rings (SSSR count). The summed E-state index contributed by atoms with van der Waals surface area (Å²) in [4.78, 5) is 27.6. The third kappa shape index (κ3) is 4.31. The topological polar surface area (TPSA) is 80.3 Å². The third-order valence-electron chi connectivity index (χ3n) is 2.95. The SMILES string of the molecule is COc1ccc(NC(=O)CNC(=O)c2ccc(C)cc2)cn1. The molecular weight excluding hydrogens is 282 g/mol. The standard InChI is InChI=1S/C16H17N3O3/c1-11-3-5-12(6-4-11)16(21)18-10-14(20)19-13-7-8-15(22-2)17-9-13/h3-9H,10H2,1-2H3,(H,18,21)(H,19,20). The Morgan fingerprint density at radius 2 is 1.86 bits per heavy atom. The molecule has 0 atom stereocenters. The van der Waals surface area contributed by atoms with Gasteiger partial charge in [0.05, 0.1) is 25.5 Å². The van der Waals surface area contributed by atoms with Gasteiger partial charge in [0.15, 0.2) is 0 Å². The Hall–Kier alpha value is -2.89. The Bertz CT molecular complexity index is 651. The molecule has 1 aromatic heterocycles. The Morgan fingerprint density at radius 1 is 1.14 bits per heavy atom. The summed E-state index contributed by atoms with van der Waals surface area (Å²) in [6, 6.07) is 10.4. The molecule has 0 saturated heterocycles. The molecule has 114 valence electrons. The van der Waals surface area contributed by atoms with Crippen molar-refractivity contribution in [3.63, 3.8) is 0 Å². The lowest BCUT2D eigenvalue weighted by molar-refractivity contribution is -0.115. The lowest BCUT2D eigenvalue weighted by Gasteiger charge is -2.07. The van der Waals surface area contributed by atoms with Crippen molar-refractivity contribution < 1.29 is 14.3 Å². The number of anilines is 1. The first-order chi connectivity index (χ1) is 10.6. The summed E-state index contributed by atoms with van der Waals surface area (Å²) < 4.78 is 4.93. The second-order valence-corrected chi connectivity index (χ2v) is 4.69. The predicted molar refractivity (Wildman–Crippen MR) is 82.9 cm³/mol. The van der Waals surface area contributed by atoms with Crippen LogP contribution in [0.5, 0.6) is 5.88 Å². The zero-order chi connectivity index (χ0) is 15.9. The van der Waals surface area contributed by atoms with E-state index in [1.165, 1.54) is 13.3 Å². The smallest absolute Gasteiger partial charge is 0.251 e. The van der Waals surface area contributed by atoms with Crippen molar-refractivity contribution in [2.24, 2.45) is 0 Å². The molecule has 0 spiro atoms. The molecule has 0 unspecified atom stereocenters. The van der Waals surface area contributed by atoms with Gasteiger partial charge in [-0.1, -0.05) is 17.7 Å². The first-order valence-electron chi connectivity index (χ1n) is 6.73. The van der Waals surface area contributed by atoms with E-state index < -0.39 is 0 Å². The summed E-state index contributed by atoms with van der Waals surface area (Å²) >= 11 is 0. The molecule has 6 heteroatoms. The number of carbonyl (C=O) groups excluding carboxylic acids is 2. The minimum atomic E-state index is -0.326. The lowest BCUT2D eigenvalue weighted by atomic mass is 10.1. The van der Waals surface area contributed by atoms with Crippen molar-refractivity contribution in [1.29, 1.82) is 0 Å². The van der Waals surface area contributed by atoms with E-state index in [0.717, 1.165) is 5.56 Å². The molecule has 0 aliphatic carbocycles. The minimum Gasteiger partial charge on any atom is -0.481 e. The lowest BCUT2D eigenvalue weighted by Crippen LogP contribution is -2.32. The van der Waals surface area contributed by atoms with Gasteiger partial charge in [0.25, 0.3) is 5.91 Å². The van der Waals surface area contributed by atoms with Gasteiger partial charge < -0.3 is 15.4 Å². The van der Waals surface area contributed by atoms with Gasteiger partial charge in [-0.25, -0.2) is 4.98 Å². The van der Waals surface area contributed by atoms with E-state index in [2.05, 4.69) is 15.6 Å². The average Bonchev–Trinajstić information content (AvgIpc) is 2.54. The van der Waals surface area contributed by atoms with E-state index in [0.29, 0.717) is 17.1 Å². The molecule has 2 aromatic rings. The second kappa shape index (κ2) is 7.21. The summed E-state index contributed by atoms with van der Waals surface area (Å²) in [5.41, 5.74) is 2.13. The zero-order valence-corrected chi connectivity index (χ0v) is 12.4. The maximum absolute atomic E-state index is 11.9. The maximum Gasteiger partial charge on any atom is 0.251 e. The van der Waals surface area contributed by atoms with Gasteiger partial charge in [-0.05, 0) is 25.1 Å². The van der Waals surface area contributed by atoms with Crippen LogP contribution in [0.4, 0.5) is 5.69 Å². The van der Waals surface area contributed by atoms with Crippen LogP contribution in [0.25, 0.3) is 0 Å². The number of methoxy groups -OCH3 is 1. The highest BCUT2D eigenvalue weighted by molar-refractivity contribution is 5.99. The highest BCUT2D eigenvalue weighted by Gasteiger charge is 2.08. The fraction of sp³-hybridized carbons (Fsp3) is 0.188. The van der Waals surface area contributed by atoms with Crippen LogP contribution in [0, 0.1) is 6.92 Å². The highest BCUT2D eigenvalue weighted by Crippen LogP contribution is 2.10. The quantitative estimate of drug-likeness (QED) is 0.881. The minimum absolute atomic E-state index is 0.112. The van der Waals surface area contributed by atoms with Crippen molar-refractivity contribution >= 4 is 17.5 Å². The number of carbonyl (C=O) groups is 2. The molecule has 6 nitrogen and oxygen atoms in total. The van der Waals surface area contributed by atoms with Crippen LogP contribution in [0.2, 0.25) is 0 Å². The van der Waals surface area contributed by atoms with E-state index in [1.807, 2.05) is 19.1 Å². The van der Waals surface area contributed by atoms with Gasteiger partial charge in [-0.2, -0.15) is 0 Å². The fourth-order valence-electron chi connectivity index (χ4n) is 1.75. The van der Waals surface area contributed by atoms with Gasteiger partial charge in [0, 0.05) is 11.6 Å². The van der Waals surface area contributed by atoms with Gasteiger partial charge in [-0.15, -0.1) is 0 Å². The summed E-state index contributed by atoms with van der Waals surface area (Å²) in [7, 11) is 1.52. The molecule has 0 aliphatic heterocycles. The van der Waals surface area contributed by atoms with E-state index in [-0.39, 0.29) is 18.4 Å². The molecule has 22 heavy (non-hydrogen) atoms. The number of nitrogens with one attached hydrogen (secondary N) is 2. The fourth-order valence-corrected chi connectivity index (χ4v) is 1.75. The van der Waals surface area contributed by atoms with Crippen molar-refractivity contribution in [3.05, 3.63) is 53.7 Å². The number of rotatable bonds is 5. The molecule has 0 saturated carbocycles. The van der Waals surface area contributed by atoms with Crippen LogP contribution in [-0.2, 0) is 4.79 Å². The molecule has 1 heterocycles. The van der Waals surface area contributed by atoms with Gasteiger partial charge in [0.1, 0.15) is 0 Å². The molecule has 0 bridgehead atoms. The monoisotopic (exact) mass is 299 g/mol. The van der Waals surface area contributed by atoms with E-state index >= 15 is 0 Å². The van der Waals surface area contributed by atoms with E-state index in [4.69, 9.17) is 4.74 Å². The van der Waals surface area contributed by atoms with Crippen LogP contribution >= 0.6 is 0 Å². The number of benzene rings is 1. The van der Waals surface area contributed by atoms with Crippen LogP contribution in [0.1, 0.15) is 15.9 Å². The molecular formula is C16H17N3O3. The molecule has 1 aromatic carbocycles. The molecule has 0 aliphatic rings. The first-order valence-corrected chi connectivity index (χ1v) is 6.73. The van der Waals surface area contributed by atoms with Crippen LogP contribution < -0.4 is 15.4 Å². The van der Waals surface area contributed by atoms with Crippen LogP contribution in [0.3, 0.4) is 0 Å². The van der Waals surface area contributed by atoms with Crippen molar-refractivity contribution in [3.8, 4) is 5.88 Å². The highest BCUT2D eigenvalue weighted by atomic mass is 16.5. The number of ether oxygens (including phenoxy) is 1. The number of hydrogen-bond donors (Lipinski definition) is 2. The van der Waals surface area contributed by atoms with Crippen molar-refractivity contribution in [1.82, 2.24) is 10.3 Å². The molecule has 0 fully saturated rings.